The van der Waals surface area contributed by atoms with E-state index in [1.807, 2.05) is 24.3 Å². The fourth-order valence-corrected chi connectivity index (χ4v) is 1.66. The van der Waals surface area contributed by atoms with Crippen molar-refractivity contribution in [1.82, 2.24) is 0 Å². The second-order valence-corrected chi connectivity index (χ2v) is 4.10. The van der Waals surface area contributed by atoms with Crippen LogP contribution < -0.4 is 5.73 Å². The van der Waals surface area contributed by atoms with Crippen LogP contribution >= 0.6 is 0 Å². The molecule has 0 aliphatic carbocycles. The number of rotatable bonds is 3. The molecule has 86 valence electrons. The van der Waals surface area contributed by atoms with E-state index < -0.39 is 0 Å². The zero-order valence-electron chi connectivity index (χ0n) is 10.1. The fraction of sp³-hybridized carbons (Fsp3) is 0.125. The Balaban J connectivity index is 2.11. The second-order valence-electron chi connectivity index (χ2n) is 4.10. The van der Waals surface area contributed by atoms with Gasteiger partial charge in [-0.2, -0.15) is 0 Å². The molecule has 0 aromatic heterocycles. The standard InChI is InChI=1S/C16H17N/c1-2-13-3-5-14(6-4-13)7-8-15-9-11-16(17)12-10-15/h3-12H,2,17H2,1H3. The molecule has 0 saturated carbocycles. The van der Waals surface area contributed by atoms with Crippen LogP contribution in [0.15, 0.2) is 48.5 Å². The summed E-state index contributed by atoms with van der Waals surface area (Å²) < 4.78 is 0. The van der Waals surface area contributed by atoms with Crippen molar-refractivity contribution in [2.75, 3.05) is 5.73 Å². The Bertz CT molecular complexity index is 492. The SMILES string of the molecule is CCc1ccc(C=Cc2ccc(N)cc2)cc1. The fourth-order valence-electron chi connectivity index (χ4n) is 1.66. The average Bonchev–Trinajstić information content (AvgIpc) is 2.39. The van der Waals surface area contributed by atoms with Gasteiger partial charge in [-0.05, 0) is 35.2 Å². The van der Waals surface area contributed by atoms with Crippen LogP contribution in [0, 0.1) is 0 Å². The van der Waals surface area contributed by atoms with Crippen LogP contribution in [0.5, 0.6) is 0 Å². The minimum Gasteiger partial charge on any atom is -0.399 e. The van der Waals surface area contributed by atoms with Gasteiger partial charge in [0.05, 0.1) is 0 Å². The third-order valence-corrected chi connectivity index (χ3v) is 2.79. The first kappa shape index (κ1) is 11.5. The number of nitrogen functional groups attached to an aromatic ring is 1. The lowest BCUT2D eigenvalue weighted by molar-refractivity contribution is 1.14. The van der Waals surface area contributed by atoms with Crippen molar-refractivity contribution in [3.63, 3.8) is 0 Å². The summed E-state index contributed by atoms with van der Waals surface area (Å²) in [4.78, 5) is 0. The zero-order chi connectivity index (χ0) is 12.1. The molecule has 0 spiro atoms. The predicted molar refractivity (Wildman–Crippen MR) is 75.6 cm³/mol. The molecule has 0 atom stereocenters. The number of hydrogen-bond donors (Lipinski definition) is 1. The first-order valence-corrected chi connectivity index (χ1v) is 5.90. The molecule has 1 nitrogen and oxygen atoms in total. The van der Waals surface area contributed by atoms with Gasteiger partial charge in [0.1, 0.15) is 0 Å². The van der Waals surface area contributed by atoms with E-state index in [4.69, 9.17) is 5.73 Å². The second kappa shape index (κ2) is 5.35. The maximum atomic E-state index is 5.64. The highest BCUT2D eigenvalue weighted by Crippen LogP contribution is 2.11. The topological polar surface area (TPSA) is 26.0 Å². The lowest BCUT2D eigenvalue weighted by Gasteiger charge is -1.98. The third kappa shape index (κ3) is 3.22. The van der Waals surface area contributed by atoms with Crippen LogP contribution in [0.4, 0.5) is 5.69 Å². The summed E-state index contributed by atoms with van der Waals surface area (Å²) in [7, 11) is 0. The summed E-state index contributed by atoms with van der Waals surface area (Å²) >= 11 is 0. The van der Waals surface area contributed by atoms with Crippen LogP contribution in [-0.4, -0.2) is 0 Å². The lowest BCUT2D eigenvalue weighted by Crippen LogP contribution is -1.82. The van der Waals surface area contributed by atoms with Gasteiger partial charge in [-0.15, -0.1) is 0 Å². The molecule has 0 heterocycles. The van der Waals surface area contributed by atoms with Crippen molar-refractivity contribution in [2.45, 2.75) is 13.3 Å². The number of nitrogens with two attached hydrogens (primary N) is 1. The van der Waals surface area contributed by atoms with Crippen LogP contribution in [0.25, 0.3) is 12.2 Å². The normalized spacial score (nSPS) is 10.9. The zero-order valence-corrected chi connectivity index (χ0v) is 10.1. The highest BCUT2D eigenvalue weighted by atomic mass is 14.5. The summed E-state index contributed by atoms with van der Waals surface area (Å²) in [6.07, 6.45) is 5.30. The smallest absolute Gasteiger partial charge is 0.0314 e. The molecule has 1 heteroatoms. The Kier molecular flexibility index (Phi) is 3.61. The number of hydrogen-bond acceptors (Lipinski definition) is 1. The Morgan fingerprint density at radius 3 is 1.76 bits per heavy atom. The molecule has 2 aromatic carbocycles. The van der Waals surface area contributed by atoms with Gasteiger partial charge in [-0.3, -0.25) is 0 Å². The third-order valence-electron chi connectivity index (χ3n) is 2.79. The van der Waals surface area contributed by atoms with E-state index in [1.54, 1.807) is 0 Å². The van der Waals surface area contributed by atoms with Crippen molar-refractivity contribution < 1.29 is 0 Å². The Labute approximate surface area is 103 Å². The van der Waals surface area contributed by atoms with Gasteiger partial charge in [0.2, 0.25) is 0 Å². The molecule has 0 aliphatic rings. The van der Waals surface area contributed by atoms with Gasteiger partial charge < -0.3 is 5.73 Å². The van der Waals surface area contributed by atoms with Crippen molar-refractivity contribution in [3.8, 4) is 0 Å². The predicted octanol–water partition coefficient (Wildman–Crippen LogP) is 4.00. The maximum absolute atomic E-state index is 5.64. The Morgan fingerprint density at radius 1 is 0.824 bits per heavy atom. The molecule has 0 amide bonds. The lowest BCUT2D eigenvalue weighted by atomic mass is 10.1. The molecule has 0 radical (unpaired) electrons. The monoisotopic (exact) mass is 223 g/mol. The molecule has 0 bridgehead atoms. The van der Waals surface area contributed by atoms with Gasteiger partial charge in [-0.25, -0.2) is 0 Å². The summed E-state index contributed by atoms with van der Waals surface area (Å²) in [5.74, 6) is 0. The molecule has 2 N–H and O–H groups in total. The summed E-state index contributed by atoms with van der Waals surface area (Å²) in [5.41, 5.74) is 10.2. The summed E-state index contributed by atoms with van der Waals surface area (Å²) in [6, 6.07) is 16.5. The molecule has 2 aromatic rings. The van der Waals surface area contributed by atoms with Gasteiger partial charge in [0.15, 0.2) is 0 Å². The molecule has 0 fully saturated rings. The van der Waals surface area contributed by atoms with Crippen LogP contribution in [0.2, 0.25) is 0 Å². The molecule has 0 unspecified atom stereocenters. The summed E-state index contributed by atoms with van der Waals surface area (Å²) in [5, 5.41) is 0. The van der Waals surface area contributed by atoms with Crippen LogP contribution in [-0.2, 0) is 6.42 Å². The van der Waals surface area contributed by atoms with E-state index in [1.165, 1.54) is 16.7 Å². The summed E-state index contributed by atoms with van der Waals surface area (Å²) in [6.45, 7) is 2.17. The highest BCUT2D eigenvalue weighted by molar-refractivity contribution is 5.70. The highest BCUT2D eigenvalue weighted by Gasteiger charge is 1.90. The molecular weight excluding hydrogens is 206 g/mol. The van der Waals surface area contributed by atoms with Gasteiger partial charge in [-0.1, -0.05) is 55.5 Å². The maximum Gasteiger partial charge on any atom is 0.0314 e. The van der Waals surface area contributed by atoms with E-state index in [2.05, 4.69) is 43.3 Å². The van der Waals surface area contributed by atoms with Crippen molar-refractivity contribution in [1.29, 1.82) is 0 Å². The van der Waals surface area contributed by atoms with Gasteiger partial charge in [0, 0.05) is 5.69 Å². The van der Waals surface area contributed by atoms with E-state index in [0.29, 0.717) is 0 Å². The van der Waals surface area contributed by atoms with Crippen molar-refractivity contribution in [2.24, 2.45) is 0 Å². The van der Waals surface area contributed by atoms with Crippen molar-refractivity contribution >= 4 is 17.8 Å². The minimum absolute atomic E-state index is 0.800. The molecular formula is C16H17N. The van der Waals surface area contributed by atoms with Gasteiger partial charge >= 0.3 is 0 Å². The molecule has 17 heavy (non-hydrogen) atoms. The van der Waals surface area contributed by atoms with Gasteiger partial charge in [0.25, 0.3) is 0 Å². The average molecular weight is 223 g/mol. The molecule has 2 rings (SSSR count). The van der Waals surface area contributed by atoms with E-state index in [0.717, 1.165) is 12.1 Å². The number of anilines is 1. The first-order valence-electron chi connectivity index (χ1n) is 5.90. The minimum atomic E-state index is 0.800. The molecule has 0 saturated heterocycles. The van der Waals surface area contributed by atoms with Crippen LogP contribution in [0.3, 0.4) is 0 Å². The number of aryl methyl sites for hydroxylation is 1. The Hall–Kier alpha value is -2.02. The van der Waals surface area contributed by atoms with E-state index in [9.17, 15) is 0 Å². The van der Waals surface area contributed by atoms with Crippen LogP contribution in [0.1, 0.15) is 23.6 Å². The quantitative estimate of drug-likeness (QED) is 0.617. The molecule has 0 aliphatic heterocycles. The Morgan fingerprint density at radius 2 is 1.29 bits per heavy atom. The van der Waals surface area contributed by atoms with Crippen molar-refractivity contribution in [3.05, 3.63) is 65.2 Å². The first-order chi connectivity index (χ1) is 8.28. The van der Waals surface area contributed by atoms with E-state index in [-0.39, 0.29) is 0 Å². The van der Waals surface area contributed by atoms with E-state index >= 15 is 0 Å². The number of benzene rings is 2. The largest absolute Gasteiger partial charge is 0.399 e.